The maximum Gasteiger partial charge on any atom is 0.262 e. The molecule has 2 aromatic carbocycles. The monoisotopic (exact) mass is 399 g/mol. The molecular formula is C18H14ClN5O2S. The molecule has 0 saturated carbocycles. The van der Waals surface area contributed by atoms with Crippen LogP contribution >= 0.6 is 11.6 Å². The number of hydrogen-bond donors (Lipinski definition) is 1. The van der Waals surface area contributed by atoms with E-state index in [4.69, 9.17) is 11.6 Å². The number of benzene rings is 2. The van der Waals surface area contributed by atoms with Gasteiger partial charge in [-0.1, -0.05) is 35.0 Å². The van der Waals surface area contributed by atoms with Crippen molar-refractivity contribution in [3.8, 4) is 0 Å². The number of rotatable bonds is 5. The van der Waals surface area contributed by atoms with Crippen LogP contribution in [0, 0.1) is 0 Å². The average Bonchev–Trinajstić information content (AvgIpc) is 3.16. The minimum Gasteiger partial charge on any atom is -0.279 e. The Balaban J connectivity index is 1.75. The van der Waals surface area contributed by atoms with Crippen molar-refractivity contribution in [2.24, 2.45) is 0 Å². The topological polar surface area (TPSA) is 89.8 Å². The summed E-state index contributed by atoms with van der Waals surface area (Å²) in [6.45, 7) is 0.356. The highest BCUT2D eigenvalue weighted by Crippen LogP contribution is 2.28. The van der Waals surface area contributed by atoms with Gasteiger partial charge in [-0.05, 0) is 29.8 Å². The number of nitrogens with one attached hydrogen (secondary N) is 1. The van der Waals surface area contributed by atoms with E-state index in [0.717, 1.165) is 10.9 Å². The minimum absolute atomic E-state index is 0.175. The highest BCUT2D eigenvalue weighted by atomic mass is 35.5. The third-order valence-corrected chi connectivity index (χ3v) is 5.71. The van der Waals surface area contributed by atoms with Crippen LogP contribution in [-0.2, 0) is 16.6 Å². The average molecular weight is 400 g/mol. The van der Waals surface area contributed by atoms with Gasteiger partial charge >= 0.3 is 0 Å². The Labute approximate surface area is 160 Å². The van der Waals surface area contributed by atoms with E-state index in [0.29, 0.717) is 22.6 Å². The van der Waals surface area contributed by atoms with Crippen molar-refractivity contribution >= 4 is 38.1 Å². The highest BCUT2D eigenvalue weighted by molar-refractivity contribution is 7.93. The highest BCUT2D eigenvalue weighted by Gasteiger charge is 2.19. The zero-order valence-corrected chi connectivity index (χ0v) is 15.5. The molecule has 27 heavy (non-hydrogen) atoms. The van der Waals surface area contributed by atoms with Crippen LogP contribution in [0.4, 0.5) is 5.69 Å². The van der Waals surface area contributed by atoms with Crippen LogP contribution in [0.3, 0.4) is 0 Å². The molecule has 0 saturated heterocycles. The number of sulfonamides is 1. The van der Waals surface area contributed by atoms with E-state index in [1.807, 2.05) is 6.07 Å². The molecule has 4 rings (SSSR count). The van der Waals surface area contributed by atoms with Crippen LogP contribution in [0.5, 0.6) is 0 Å². The molecule has 9 heteroatoms. The summed E-state index contributed by atoms with van der Waals surface area (Å²) >= 11 is 6.09. The molecule has 0 aliphatic heterocycles. The lowest BCUT2D eigenvalue weighted by atomic mass is 10.2. The van der Waals surface area contributed by atoms with Gasteiger partial charge in [-0.2, -0.15) is 0 Å². The van der Waals surface area contributed by atoms with Crippen LogP contribution in [0.1, 0.15) is 5.56 Å². The fourth-order valence-corrected chi connectivity index (χ4v) is 4.29. The molecule has 136 valence electrons. The maximum absolute atomic E-state index is 13.1. The first-order valence-electron chi connectivity index (χ1n) is 8.01. The lowest BCUT2D eigenvalue weighted by Gasteiger charge is -2.14. The van der Waals surface area contributed by atoms with Gasteiger partial charge in [0.25, 0.3) is 10.0 Å². The summed E-state index contributed by atoms with van der Waals surface area (Å²) in [6.07, 6.45) is 6.45. The summed E-state index contributed by atoms with van der Waals surface area (Å²) < 4.78 is 30.4. The molecule has 0 spiro atoms. The van der Waals surface area contributed by atoms with Crippen molar-refractivity contribution in [1.29, 1.82) is 0 Å². The normalized spacial score (nSPS) is 11.6. The summed E-state index contributed by atoms with van der Waals surface area (Å²) in [4.78, 5) is 4.21. The van der Waals surface area contributed by atoms with E-state index in [1.165, 1.54) is 0 Å². The van der Waals surface area contributed by atoms with Crippen molar-refractivity contribution < 1.29 is 8.42 Å². The van der Waals surface area contributed by atoms with Gasteiger partial charge in [0, 0.05) is 34.4 Å². The second-order valence-corrected chi connectivity index (χ2v) is 7.95. The predicted octanol–water partition coefficient (Wildman–Crippen LogP) is 3.33. The van der Waals surface area contributed by atoms with Gasteiger partial charge in [-0.25, -0.2) is 13.1 Å². The van der Waals surface area contributed by atoms with E-state index >= 15 is 0 Å². The molecule has 2 aromatic heterocycles. The van der Waals surface area contributed by atoms with Crippen molar-refractivity contribution in [2.45, 2.75) is 11.4 Å². The van der Waals surface area contributed by atoms with Crippen LogP contribution in [-0.4, -0.2) is 28.4 Å². The molecule has 0 bridgehead atoms. The van der Waals surface area contributed by atoms with Gasteiger partial charge in [0.2, 0.25) is 0 Å². The van der Waals surface area contributed by atoms with Crippen LogP contribution in [0.25, 0.3) is 10.8 Å². The Morgan fingerprint density at radius 3 is 2.81 bits per heavy atom. The number of anilines is 1. The van der Waals surface area contributed by atoms with Crippen molar-refractivity contribution in [3.05, 3.63) is 77.8 Å². The third kappa shape index (κ3) is 3.62. The SMILES string of the molecule is O=S(=O)(Nc1cc(Cl)ccc1Cn1ccnn1)c1cccc2cnccc12. The predicted molar refractivity (Wildman–Crippen MR) is 103 cm³/mol. The summed E-state index contributed by atoms with van der Waals surface area (Å²) in [5.41, 5.74) is 1.11. The molecule has 2 heterocycles. The zero-order valence-electron chi connectivity index (χ0n) is 13.9. The Hall–Kier alpha value is -2.97. The molecule has 7 nitrogen and oxygen atoms in total. The van der Waals surface area contributed by atoms with Crippen LogP contribution in [0.15, 0.2) is 72.1 Å². The van der Waals surface area contributed by atoms with Crippen molar-refractivity contribution in [1.82, 2.24) is 20.0 Å². The second-order valence-electron chi connectivity index (χ2n) is 5.86. The quantitative estimate of drug-likeness (QED) is 0.556. The lowest BCUT2D eigenvalue weighted by Crippen LogP contribution is -2.15. The number of aromatic nitrogens is 4. The Bertz CT molecular complexity index is 1200. The van der Waals surface area contributed by atoms with Crippen LogP contribution in [0.2, 0.25) is 5.02 Å². The van der Waals surface area contributed by atoms with Gasteiger partial charge in [0.1, 0.15) is 0 Å². The summed E-state index contributed by atoms with van der Waals surface area (Å²) in [5.74, 6) is 0. The molecule has 0 amide bonds. The first kappa shape index (κ1) is 17.4. The van der Waals surface area contributed by atoms with E-state index in [1.54, 1.807) is 65.9 Å². The molecule has 4 aromatic rings. The van der Waals surface area contributed by atoms with E-state index < -0.39 is 10.0 Å². The molecule has 0 radical (unpaired) electrons. The summed E-state index contributed by atoms with van der Waals surface area (Å²) in [6, 6.07) is 11.8. The maximum atomic E-state index is 13.1. The van der Waals surface area contributed by atoms with Crippen molar-refractivity contribution in [2.75, 3.05) is 4.72 Å². The van der Waals surface area contributed by atoms with E-state index in [2.05, 4.69) is 20.0 Å². The van der Waals surface area contributed by atoms with E-state index in [9.17, 15) is 8.42 Å². The number of fused-ring (bicyclic) bond motifs is 1. The Morgan fingerprint density at radius 2 is 2.00 bits per heavy atom. The molecule has 0 unspecified atom stereocenters. The largest absolute Gasteiger partial charge is 0.279 e. The van der Waals surface area contributed by atoms with Crippen molar-refractivity contribution in [3.63, 3.8) is 0 Å². The van der Waals surface area contributed by atoms with Crippen LogP contribution < -0.4 is 4.72 Å². The fourth-order valence-electron chi connectivity index (χ4n) is 2.80. The van der Waals surface area contributed by atoms with Gasteiger partial charge in [0.15, 0.2) is 0 Å². The zero-order chi connectivity index (χ0) is 18.9. The lowest BCUT2D eigenvalue weighted by molar-refractivity contribution is 0.601. The third-order valence-electron chi connectivity index (χ3n) is 4.05. The first-order chi connectivity index (χ1) is 13.0. The Kier molecular flexibility index (Phi) is 4.51. The number of nitrogens with zero attached hydrogens (tertiary/aromatic N) is 4. The molecule has 1 N–H and O–H groups in total. The standard InChI is InChI=1S/C18H14ClN5O2S/c19-15-5-4-14(12-24-9-8-21-23-24)17(10-15)22-27(25,26)18-3-1-2-13-11-20-7-6-16(13)18/h1-11,22H,12H2. The number of hydrogen-bond acceptors (Lipinski definition) is 5. The summed E-state index contributed by atoms with van der Waals surface area (Å²) in [5, 5.41) is 9.45. The summed E-state index contributed by atoms with van der Waals surface area (Å²) in [7, 11) is -3.84. The molecule has 0 aliphatic rings. The van der Waals surface area contributed by atoms with Gasteiger partial charge in [-0.15, -0.1) is 5.10 Å². The van der Waals surface area contributed by atoms with Gasteiger partial charge < -0.3 is 0 Å². The van der Waals surface area contributed by atoms with E-state index in [-0.39, 0.29) is 4.90 Å². The van der Waals surface area contributed by atoms with Gasteiger partial charge in [0.05, 0.1) is 23.3 Å². The molecule has 0 atom stereocenters. The number of pyridine rings is 1. The minimum atomic E-state index is -3.84. The van der Waals surface area contributed by atoms with Gasteiger partial charge in [-0.3, -0.25) is 9.71 Å². The Morgan fingerprint density at radius 1 is 1.11 bits per heavy atom. The fraction of sp³-hybridized carbons (Fsp3) is 0.0556. The second kappa shape index (κ2) is 6.98. The first-order valence-corrected chi connectivity index (χ1v) is 9.87. The molecular weight excluding hydrogens is 386 g/mol. The molecule has 0 fully saturated rings. The number of halogens is 1. The molecule has 0 aliphatic carbocycles. The smallest absolute Gasteiger partial charge is 0.262 e.